The van der Waals surface area contributed by atoms with E-state index in [1.807, 2.05) is 11.5 Å². The molecule has 104 valence electrons. The molecule has 0 saturated heterocycles. The summed E-state index contributed by atoms with van der Waals surface area (Å²) >= 11 is 17.3. The third-order valence-corrected chi connectivity index (χ3v) is 5.56. The topological polar surface area (TPSA) is 37.8 Å². The van der Waals surface area contributed by atoms with Gasteiger partial charge in [-0.3, -0.25) is 4.21 Å². The van der Waals surface area contributed by atoms with Gasteiger partial charge >= 0.3 is 0 Å². The van der Waals surface area contributed by atoms with E-state index in [9.17, 15) is 4.21 Å². The summed E-state index contributed by atoms with van der Waals surface area (Å²) in [6.45, 7) is 2.68. The molecule has 1 aromatic heterocycles. The molecular weight excluding hydrogens is 323 g/mol. The van der Waals surface area contributed by atoms with Gasteiger partial charge in [0.15, 0.2) is 4.77 Å². The summed E-state index contributed by atoms with van der Waals surface area (Å²) in [5.74, 6) is 0. The fourth-order valence-corrected chi connectivity index (χ4v) is 2.91. The van der Waals surface area contributed by atoms with Crippen molar-refractivity contribution in [2.45, 2.75) is 25.1 Å². The van der Waals surface area contributed by atoms with Crippen LogP contribution in [0.2, 0.25) is 10.0 Å². The van der Waals surface area contributed by atoms with Crippen LogP contribution in [0.3, 0.4) is 0 Å². The summed E-state index contributed by atoms with van der Waals surface area (Å²) in [4.78, 5) is 3.11. The van der Waals surface area contributed by atoms with E-state index >= 15 is 0 Å². The minimum absolute atomic E-state index is 0.134. The second kappa shape index (κ2) is 5.95. The van der Waals surface area contributed by atoms with Gasteiger partial charge < -0.3 is 9.55 Å². The summed E-state index contributed by atoms with van der Waals surface area (Å²) in [6.07, 6.45) is 2.51. The summed E-state index contributed by atoms with van der Waals surface area (Å²) in [7, 11) is -0.825. The first kappa shape index (κ1) is 15.0. The highest BCUT2D eigenvalue weighted by Gasteiger charge is 2.11. The molecule has 0 aliphatic rings. The average Bonchev–Trinajstić information content (AvgIpc) is 2.62. The number of nitrogens with zero attached hydrogens (tertiary/aromatic N) is 1. The first-order chi connectivity index (χ1) is 8.90. The maximum absolute atomic E-state index is 11.4. The molecule has 0 aliphatic carbocycles. The number of hydrogen-bond acceptors (Lipinski definition) is 2. The molecule has 2 aromatic rings. The van der Waals surface area contributed by atoms with Gasteiger partial charge in [0.05, 0.1) is 21.1 Å². The van der Waals surface area contributed by atoms with E-state index in [0.29, 0.717) is 21.4 Å². The Hall–Kier alpha value is -0.360. The van der Waals surface area contributed by atoms with E-state index in [2.05, 4.69) is 4.98 Å². The van der Waals surface area contributed by atoms with Gasteiger partial charge in [-0.2, -0.15) is 0 Å². The molecule has 0 fully saturated rings. The Labute approximate surface area is 129 Å². The maximum atomic E-state index is 11.4. The van der Waals surface area contributed by atoms with E-state index < -0.39 is 10.8 Å². The first-order valence-corrected chi connectivity index (χ1v) is 8.58. The fraction of sp³-hybridized carbons (Fsp3) is 0.417. The molecule has 0 radical (unpaired) electrons. The molecule has 19 heavy (non-hydrogen) atoms. The Bertz CT molecular complexity index is 693. The Morgan fingerprint density at radius 3 is 2.68 bits per heavy atom. The van der Waals surface area contributed by atoms with Crippen LogP contribution in [-0.4, -0.2) is 25.3 Å². The van der Waals surface area contributed by atoms with Crippen molar-refractivity contribution in [1.29, 1.82) is 0 Å². The number of H-pyrrole nitrogens is 1. The van der Waals surface area contributed by atoms with Crippen molar-refractivity contribution in [2.24, 2.45) is 0 Å². The number of halogens is 2. The van der Waals surface area contributed by atoms with Gasteiger partial charge in [0.1, 0.15) is 0 Å². The second-order valence-electron chi connectivity index (χ2n) is 4.46. The standard InChI is InChI=1S/C12H14Cl2N2OS2/c1-7(19(2)17)3-4-16-11-6-9(14)8(13)5-10(11)15-12(16)18/h5-7H,3-4H2,1-2H3,(H,15,18). The van der Waals surface area contributed by atoms with E-state index in [0.717, 1.165) is 17.5 Å². The van der Waals surface area contributed by atoms with E-state index in [-0.39, 0.29) is 5.25 Å². The monoisotopic (exact) mass is 336 g/mol. The zero-order valence-electron chi connectivity index (χ0n) is 10.6. The number of benzene rings is 1. The lowest BCUT2D eigenvalue weighted by molar-refractivity contribution is 0.625. The van der Waals surface area contributed by atoms with Crippen molar-refractivity contribution in [1.82, 2.24) is 9.55 Å². The van der Waals surface area contributed by atoms with Crippen LogP contribution in [0, 0.1) is 4.77 Å². The molecule has 1 heterocycles. The highest BCUT2D eigenvalue weighted by atomic mass is 35.5. The molecule has 7 heteroatoms. The minimum Gasteiger partial charge on any atom is -0.331 e. The molecule has 0 spiro atoms. The van der Waals surface area contributed by atoms with Crippen molar-refractivity contribution in [3.05, 3.63) is 26.9 Å². The maximum Gasteiger partial charge on any atom is 0.178 e. The molecule has 0 amide bonds. The van der Waals surface area contributed by atoms with E-state index in [1.165, 1.54) is 0 Å². The number of imidazole rings is 1. The molecule has 2 rings (SSSR count). The van der Waals surface area contributed by atoms with Crippen molar-refractivity contribution in [3.63, 3.8) is 0 Å². The highest BCUT2D eigenvalue weighted by Crippen LogP contribution is 2.27. The molecule has 3 nitrogen and oxygen atoms in total. The quantitative estimate of drug-likeness (QED) is 0.851. The second-order valence-corrected chi connectivity index (χ2v) is 7.47. The summed E-state index contributed by atoms with van der Waals surface area (Å²) < 4.78 is 14.0. The third kappa shape index (κ3) is 3.21. The Balaban J connectivity index is 2.38. The van der Waals surface area contributed by atoms with Gasteiger partial charge in [0, 0.05) is 28.9 Å². The van der Waals surface area contributed by atoms with Crippen LogP contribution in [0.4, 0.5) is 0 Å². The molecule has 0 saturated carbocycles. The van der Waals surface area contributed by atoms with Gasteiger partial charge in [0.25, 0.3) is 0 Å². The number of fused-ring (bicyclic) bond motifs is 1. The molecule has 1 aromatic carbocycles. The van der Waals surface area contributed by atoms with Crippen LogP contribution >= 0.6 is 35.4 Å². The average molecular weight is 337 g/mol. The molecule has 0 aliphatic heterocycles. The largest absolute Gasteiger partial charge is 0.331 e. The molecule has 0 bridgehead atoms. The lowest BCUT2D eigenvalue weighted by Crippen LogP contribution is -2.12. The number of hydrogen-bond donors (Lipinski definition) is 1. The summed E-state index contributed by atoms with van der Waals surface area (Å²) in [6, 6.07) is 3.58. The van der Waals surface area contributed by atoms with Gasteiger partial charge in [-0.25, -0.2) is 0 Å². The number of aromatic amines is 1. The molecule has 2 atom stereocenters. The van der Waals surface area contributed by atoms with Gasteiger partial charge in [-0.15, -0.1) is 0 Å². The lowest BCUT2D eigenvalue weighted by Gasteiger charge is -2.09. The highest BCUT2D eigenvalue weighted by molar-refractivity contribution is 7.84. The number of aromatic nitrogens is 2. The third-order valence-electron chi connectivity index (χ3n) is 3.14. The van der Waals surface area contributed by atoms with Crippen molar-refractivity contribution < 1.29 is 4.21 Å². The minimum atomic E-state index is -0.825. The van der Waals surface area contributed by atoms with Crippen LogP contribution < -0.4 is 0 Å². The Kier molecular flexibility index (Phi) is 4.71. The zero-order chi connectivity index (χ0) is 14.2. The summed E-state index contributed by atoms with van der Waals surface area (Å²) in [5, 5.41) is 1.14. The van der Waals surface area contributed by atoms with Crippen molar-refractivity contribution in [3.8, 4) is 0 Å². The Morgan fingerprint density at radius 2 is 2.05 bits per heavy atom. The molecule has 1 N–H and O–H groups in total. The number of nitrogens with one attached hydrogen (secondary N) is 1. The zero-order valence-corrected chi connectivity index (χ0v) is 13.7. The number of rotatable bonds is 4. The van der Waals surface area contributed by atoms with Crippen LogP contribution in [0.15, 0.2) is 12.1 Å². The predicted octanol–water partition coefficient (Wildman–Crippen LogP) is 4.16. The normalized spacial score (nSPS) is 14.7. The van der Waals surface area contributed by atoms with Crippen LogP contribution in [0.5, 0.6) is 0 Å². The van der Waals surface area contributed by atoms with E-state index in [4.69, 9.17) is 35.4 Å². The SMILES string of the molecule is CC(CCn1c(=S)[nH]c2cc(Cl)c(Cl)cc21)S(C)=O. The van der Waals surface area contributed by atoms with Crippen LogP contribution in [0.25, 0.3) is 11.0 Å². The van der Waals surface area contributed by atoms with Gasteiger partial charge in [-0.1, -0.05) is 30.1 Å². The van der Waals surface area contributed by atoms with Gasteiger partial charge in [0.2, 0.25) is 0 Å². The van der Waals surface area contributed by atoms with Crippen LogP contribution in [-0.2, 0) is 17.3 Å². The smallest absolute Gasteiger partial charge is 0.178 e. The lowest BCUT2D eigenvalue weighted by atomic mass is 10.3. The predicted molar refractivity (Wildman–Crippen MR) is 85.3 cm³/mol. The molecule has 2 unspecified atom stereocenters. The van der Waals surface area contributed by atoms with Crippen molar-refractivity contribution in [2.75, 3.05) is 6.26 Å². The fourth-order valence-electron chi connectivity index (χ4n) is 1.85. The van der Waals surface area contributed by atoms with Gasteiger partial charge in [-0.05, 0) is 30.8 Å². The summed E-state index contributed by atoms with van der Waals surface area (Å²) in [5.41, 5.74) is 1.79. The molecular formula is C12H14Cl2N2OS2. The number of aryl methyl sites for hydroxylation is 1. The van der Waals surface area contributed by atoms with E-state index in [1.54, 1.807) is 18.4 Å². The van der Waals surface area contributed by atoms with Crippen molar-refractivity contribution >= 4 is 57.3 Å². The Morgan fingerprint density at radius 1 is 1.42 bits per heavy atom. The van der Waals surface area contributed by atoms with Crippen LogP contribution in [0.1, 0.15) is 13.3 Å². The first-order valence-electron chi connectivity index (χ1n) is 5.80.